The van der Waals surface area contributed by atoms with E-state index >= 15 is 0 Å². The Morgan fingerprint density at radius 1 is 0.864 bits per heavy atom. The van der Waals surface area contributed by atoms with E-state index in [4.69, 9.17) is 4.74 Å². The molecule has 0 fully saturated rings. The summed E-state index contributed by atoms with van der Waals surface area (Å²) in [6, 6.07) is 18.7. The van der Waals surface area contributed by atoms with Crippen LogP contribution in [0.4, 0.5) is 4.79 Å². The summed E-state index contributed by atoms with van der Waals surface area (Å²) in [7, 11) is 0. The Kier molecular flexibility index (Phi) is 2.86. The fraction of sp³-hybridized carbons (Fsp3) is 0. The number of benzene rings is 2. The summed E-state index contributed by atoms with van der Waals surface area (Å²) in [6.45, 7) is 0. The second kappa shape index (κ2) is 5.00. The Morgan fingerprint density at radius 3 is 2.45 bits per heavy atom. The molecule has 106 valence electrons. The minimum Gasteiger partial charge on any atom is -0.410 e. The molecule has 0 saturated carbocycles. The van der Waals surface area contributed by atoms with Gasteiger partial charge in [-0.05, 0) is 24.3 Å². The van der Waals surface area contributed by atoms with Crippen LogP contribution in [-0.4, -0.2) is 15.6 Å². The van der Waals surface area contributed by atoms with E-state index in [0.29, 0.717) is 5.75 Å². The highest BCUT2D eigenvalue weighted by molar-refractivity contribution is 6.12. The summed E-state index contributed by atoms with van der Waals surface area (Å²) in [5.74, 6) is 0.516. The number of carbonyl (C=O) groups excluding carboxylic acids is 1. The van der Waals surface area contributed by atoms with Crippen LogP contribution >= 0.6 is 0 Å². The molecule has 0 atom stereocenters. The molecule has 2 aromatic carbocycles. The molecule has 0 N–H and O–H groups in total. The van der Waals surface area contributed by atoms with Crippen molar-refractivity contribution in [2.45, 2.75) is 0 Å². The number of nitrogens with zero attached hydrogens (tertiary/aromatic N) is 2. The van der Waals surface area contributed by atoms with Gasteiger partial charge in [-0.15, -0.1) is 0 Å². The van der Waals surface area contributed by atoms with E-state index in [1.165, 1.54) is 0 Å². The van der Waals surface area contributed by atoms with Crippen LogP contribution in [0.5, 0.6) is 5.75 Å². The Hall–Kier alpha value is -3.14. The second-order valence-corrected chi connectivity index (χ2v) is 4.93. The number of hydrogen-bond acceptors (Lipinski definition) is 3. The largest absolute Gasteiger partial charge is 0.424 e. The molecule has 0 saturated heterocycles. The third-order valence-electron chi connectivity index (χ3n) is 3.61. The SMILES string of the molecule is O=C(Oc1ccccc1)n1c2ccccc2c2ccncc21. The Labute approximate surface area is 126 Å². The van der Waals surface area contributed by atoms with Gasteiger partial charge in [-0.3, -0.25) is 4.98 Å². The van der Waals surface area contributed by atoms with Gasteiger partial charge in [0.25, 0.3) is 0 Å². The van der Waals surface area contributed by atoms with Gasteiger partial charge in [-0.2, -0.15) is 0 Å². The number of rotatable bonds is 1. The van der Waals surface area contributed by atoms with Crippen molar-refractivity contribution in [2.24, 2.45) is 0 Å². The van der Waals surface area contributed by atoms with Crippen molar-refractivity contribution < 1.29 is 9.53 Å². The van der Waals surface area contributed by atoms with E-state index in [1.54, 1.807) is 29.1 Å². The highest BCUT2D eigenvalue weighted by Gasteiger charge is 2.17. The van der Waals surface area contributed by atoms with Crippen molar-refractivity contribution in [3.63, 3.8) is 0 Å². The highest BCUT2D eigenvalue weighted by Crippen LogP contribution is 2.28. The molecule has 4 heteroatoms. The highest BCUT2D eigenvalue weighted by atomic mass is 16.6. The van der Waals surface area contributed by atoms with Crippen molar-refractivity contribution in [1.82, 2.24) is 9.55 Å². The van der Waals surface area contributed by atoms with Gasteiger partial charge in [-0.25, -0.2) is 9.36 Å². The molecular formula is C18H12N2O2. The van der Waals surface area contributed by atoms with E-state index in [9.17, 15) is 4.79 Å². The summed E-state index contributed by atoms with van der Waals surface area (Å²) < 4.78 is 7.03. The first kappa shape index (κ1) is 12.6. The van der Waals surface area contributed by atoms with Gasteiger partial charge in [0.15, 0.2) is 0 Å². The van der Waals surface area contributed by atoms with E-state index < -0.39 is 6.09 Å². The summed E-state index contributed by atoms with van der Waals surface area (Å²) in [4.78, 5) is 16.7. The van der Waals surface area contributed by atoms with Gasteiger partial charge >= 0.3 is 6.09 Å². The molecule has 0 aliphatic heterocycles. The summed E-state index contributed by atoms with van der Waals surface area (Å²) in [6.07, 6.45) is 2.97. The average molecular weight is 288 g/mol. The molecule has 0 aliphatic carbocycles. The maximum atomic E-state index is 12.6. The predicted octanol–water partition coefficient (Wildman–Crippen LogP) is 4.24. The van der Waals surface area contributed by atoms with Crippen molar-refractivity contribution in [3.05, 3.63) is 73.1 Å². The molecule has 0 spiro atoms. The normalized spacial score (nSPS) is 10.9. The van der Waals surface area contributed by atoms with Crippen molar-refractivity contribution in [3.8, 4) is 5.75 Å². The quantitative estimate of drug-likeness (QED) is 0.526. The molecular weight excluding hydrogens is 276 g/mol. The molecule has 4 nitrogen and oxygen atoms in total. The Bertz CT molecular complexity index is 921. The molecule has 2 aromatic heterocycles. The monoisotopic (exact) mass is 288 g/mol. The molecule has 0 bridgehead atoms. The number of pyridine rings is 1. The lowest BCUT2D eigenvalue weighted by molar-refractivity contribution is 0.204. The van der Waals surface area contributed by atoms with Crippen molar-refractivity contribution in [1.29, 1.82) is 0 Å². The average Bonchev–Trinajstić information content (AvgIpc) is 2.90. The maximum absolute atomic E-state index is 12.6. The molecule has 4 rings (SSSR count). The maximum Gasteiger partial charge on any atom is 0.424 e. The zero-order chi connectivity index (χ0) is 14.9. The number of aromatic nitrogens is 2. The van der Waals surface area contributed by atoms with Crippen molar-refractivity contribution in [2.75, 3.05) is 0 Å². The zero-order valence-corrected chi connectivity index (χ0v) is 11.6. The first-order valence-electron chi connectivity index (χ1n) is 6.95. The van der Waals surface area contributed by atoms with Crippen LogP contribution in [0.1, 0.15) is 0 Å². The van der Waals surface area contributed by atoms with Crippen LogP contribution in [0.2, 0.25) is 0 Å². The fourth-order valence-electron chi connectivity index (χ4n) is 2.65. The van der Waals surface area contributed by atoms with E-state index in [0.717, 1.165) is 21.8 Å². The lowest BCUT2D eigenvalue weighted by Crippen LogP contribution is -2.16. The van der Waals surface area contributed by atoms with E-state index in [-0.39, 0.29) is 0 Å². The van der Waals surface area contributed by atoms with Crippen LogP contribution in [0.3, 0.4) is 0 Å². The molecule has 0 unspecified atom stereocenters. The Balaban J connectivity index is 1.91. The van der Waals surface area contributed by atoms with Gasteiger partial charge in [0.1, 0.15) is 5.75 Å². The third-order valence-corrected chi connectivity index (χ3v) is 3.61. The number of para-hydroxylation sites is 2. The Morgan fingerprint density at radius 2 is 1.59 bits per heavy atom. The number of carbonyl (C=O) groups is 1. The predicted molar refractivity (Wildman–Crippen MR) is 85.1 cm³/mol. The van der Waals surface area contributed by atoms with E-state index in [2.05, 4.69) is 4.98 Å². The molecule has 22 heavy (non-hydrogen) atoms. The molecule has 0 amide bonds. The van der Waals surface area contributed by atoms with Gasteiger partial charge < -0.3 is 4.74 Å². The van der Waals surface area contributed by atoms with Crippen LogP contribution < -0.4 is 4.74 Å². The lowest BCUT2D eigenvalue weighted by atomic mass is 10.2. The molecule has 0 aliphatic rings. The van der Waals surface area contributed by atoms with Gasteiger partial charge in [0.2, 0.25) is 0 Å². The molecule has 0 radical (unpaired) electrons. The van der Waals surface area contributed by atoms with Gasteiger partial charge in [0, 0.05) is 17.0 Å². The van der Waals surface area contributed by atoms with Crippen LogP contribution in [0.15, 0.2) is 73.1 Å². The minimum atomic E-state index is -0.439. The lowest BCUT2D eigenvalue weighted by Gasteiger charge is -2.07. The van der Waals surface area contributed by atoms with Crippen LogP contribution in [0, 0.1) is 0 Å². The number of hydrogen-bond donors (Lipinski definition) is 0. The first-order valence-corrected chi connectivity index (χ1v) is 6.95. The van der Waals surface area contributed by atoms with Gasteiger partial charge in [0.05, 0.1) is 17.2 Å². The van der Waals surface area contributed by atoms with Crippen molar-refractivity contribution >= 4 is 27.9 Å². The second-order valence-electron chi connectivity index (χ2n) is 4.93. The standard InChI is InChI=1S/C18H12N2O2/c21-18(22-13-6-2-1-3-7-13)20-16-9-5-4-8-14(16)15-10-11-19-12-17(15)20/h1-12H. The zero-order valence-electron chi connectivity index (χ0n) is 11.6. The minimum absolute atomic E-state index is 0.439. The summed E-state index contributed by atoms with van der Waals surface area (Å²) >= 11 is 0. The fourth-order valence-corrected chi connectivity index (χ4v) is 2.65. The topological polar surface area (TPSA) is 44.1 Å². The van der Waals surface area contributed by atoms with Crippen LogP contribution in [0.25, 0.3) is 21.8 Å². The smallest absolute Gasteiger partial charge is 0.410 e. The third kappa shape index (κ3) is 1.93. The first-order chi connectivity index (χ1) is 10.8. The summed E-state index contributed by atoms with van der Waals surface area (Å²) in [5, 5.41) is 1.99. The van der Waals surface area contributed by atoms with Crippen LogP contribution in [-0.2, 0) is 0 Å². The van der Waals surface area contributed by atoms with Gasteiger partial charge in [-0.1, -0.05) is 36.4 Å². The number of ether oxygens (including phenoxy) is 1. The molecule has 4 aromatic rings. The number of fused-ring (bicyclic) bond motifs is 3. The van der Waals surface area contributed by atoms with E-state index in [1.807, 2.05) is 48.5 Å². The molecule has 2 heterocycles. The summed E-state index contributed by atoms with van der Waals surface area (Å²) in [5.41, 5.74) is 1.55.